The summed E-state index contributed by atoms with van der Waals surface area (Å²) in [6.45, 7) is 5.81. The van der Waals surface area contributed by atoms with Crippen molar-refractivity contribution < 1.29 is 9.47 Å². The molecule has 2 N–H and O–H groups in total. The number of fused-ring (bicyclic) bond motifs is 1. The van der Waals surface area contributed by atoms with E-state index < -0.39 is 0 Å². The van der Waals surface area contributed by atoms with Crippen LogP contribution in [-0.2, 0) is 12.0 Å². The highest BCUT2D eigenvalue weighted by atomic mass is 16.7. The average Bonchev–Trinajstić information content (AvgIpc) is 3.06. The van der Waals surface area contributed by atoms with Gasteiger partial charge in [-0.1, -0.05) is 6.07 Å². The van der Waals surface area contributed by atoms with Crippen LogP contribution in [0, 0.1) is 0 Å². The molecule has 1 aromatic carbocycles. The first kappa shape index (κ1) is 16.8. The van der Waals surface area contributed by atoms with Crippen LogP contribution in [0.25, 0.3) is 0 Å². The van der Waals surface area contributed by atoms with Gasteiger partial charge < -0.3 is 24.7 Å². The third-order valence-corrected chi connectivity index (χ3v) is 5.05. The third kappa shape index (κ3) is 3.64. The van der Waals surface area contributed by atoms with E-state index in [0.717, 1.165) is 43.6 Å². The predicted molar refractivity (Wildman–Crippen MR) is 102 cm³/mol. The lowest BCUT2D eigenvalue weighted by molar-refractivity contribution is 0.174. The van der Waals surface area contributed by atoms with Gasteiger partial charge in [0, 0.05) is 37.4 Å². The Kier molecular flexibility index (Phi) is 4.73. The Morgan fingerprint density at radius 1 is 1.15 bits per heavy atom. The van der Waals surface area contributed by atoms with Crippen LogP contribution >= 0.6 is 0 Å². The van der Waals surface area contributed by atoms with Crippen molar-refractivity contribution in [2.24, 2.45) is 4.99 Å². The van der Waals surface area contributed by atoms with Crippen molar-refractivity contribution in [3.05, 3.63) is 48.3 Å². The number of benzene rings is 1. The van der Waals surface area contributed by atoms with E-state index in [4.69, 9.17) is 14.5 Å². The molecule has 6 nitrogen and oxygen atoms in total. The van der Waals surface area contributed by atoms with Crippen molar-refractivity contribution >= 4 is 5.96 Å². The van der Waals surface area contributed by atoms with Gasteiger partial charge in [-0.15, -0.1) is 0 Å². The van der Waals surface area contributed by atoms with Crippen molar-refractivity contribution in [3.8, 4) is 11.5 Å². The average molecular weight is 354 g/mol. The van der Waals surface area contributed by atoms with E-state index in [1.807, 2.05) is 18.2 Å². The maximum atomic E-state index is 5.53. The minimum absolute atomic E-state index is 0.143. The molecule has 1 saturated carbocycles. The molecular formula is C20H26N4O2. The zero-order chi connectivity index (χ0) is 17.8. The summed E-state index contributed by atoms with van der Waals surface area (Å²) in [6.07, 6.45) is 6.48. The fourth-order valence-corrected chi connectivity index (χ4v) is 3.31. The second-order valence-electron chi connectivity index (χ2n) is 6.89. The molecule has 1 aromatic heterocycles. The summed E-state index contributed by atoms with van der Waals surface area (Å²) in [5, 5.41) is 6.77. The molecule has 1 aliphatic heterocycles. The molecule has 2 aromatic rings. The Hall–Kier alpha value is -2.63. The largest absolute Gasteiger partial charge is 0.454 e. The second kappa shape index (κ2) is 7.32. The number of aromatic nitrogens is 1. The molecule has 26 heavy (non-hydrogen) atoms. The lowest BCUT2D eigenvalue weighted by Crippen LogP contribution is -2.39. The Bertz CT molecular complexity index is 766. The number of nitrogens with zero attached hydrogens (tertiary/aromatic N) is 2. The summed E-state index contributed by atoms with van der Waals surface area (Å²) in [7, 11) is 0. The number of guanidine groups is 1. The molecule has 0 spiro atoms. The van der Waals surface area contributed by atoms with E-state index in [2.05, 4.69) is 46.7 Å². The first-order valence-electron chi connectivity index (χ1n) is 9.32. The molecule has 0 saturated heterocycles. The van der Waals surface area contributed by atoms with Gasteiger partial charge in [-0.3, -0.25) is 4.99 Å². The Labute approximate surface area is 154 Å². The van der Waals surface area contributed by atoms with Gasteiger partial charge in [0.05, 0.1) is 6.54 Å². The molecular weight excluding hydrogens is 328 g/mol. The molecule has 0 radical (unpaired) electrons. The van der Waals surface area contributed by atoms with Gasteiger partial charge in [-0.25, -0.2) is 0 Å². The summed E-state index contributed by atoms with van der Waals surface area (Å²) < 4.78 is 13.1. The molecule has 2 heterocycles. The van der Waals surface area contributed by atoms with Gasteiger partial charge in [0.25, 0.3) is 0 Å². The molecule has 0 bridgehead atoms. The first-order chi connectivity index (χ1) is 12.8. The van der Waals surface area contributed by atoms with Crippen LogP contribution in [0.2, 0.25) is 0 Å². The number of nitrogens with one attached hydrogen (secondary N) is 2. The minimum atomic E-state index is 0.143. The van der Waals surface area contributed by atoms with E-state index in [9.17, 15) is 0 Å². The van der Waals surface area contributed by atoms with Crippen molar-refractivity contribution in [2.75, 3.05) is 26.4 Å². The van der Waals surface area contributed by atoms with Crippen LogP contribution in [0.15, 0.2) is 47.7 Å². The topological polar surface area (TPSA) is 59.8 Å². The zero-order valence-electron chi connectivity index (χ0n) is 15.2. The highest BCUT2D eigenvalue weighted by Gasteiger charge is 2.44. The van der Waals surface area contributed by atoms with Crippen LogP contribution in [0.4, 0.5) is 0 Å². The Morgan fingerprint density at radius 2 is 1.96 bits per heavy atom. The molecule has 0 unspecified atom stereocenters. The van der Waals surface area contributed by atoms with Crippen molar-refractivity contribution in [1.82, 2.24) is 15.2 Å². The number of ether oxygens (including phenoxy) is 2. The molecule has 0 amide bonds. The van der Waals surface area contributed by atoms with Crippen LogP contribution in [0.1, 0.15) is 25.3 Å². The van der Waals surface area contributed by atoms with E-state index in [1.165, 1.54) is 18.4 Å². The molecule has 0 atom stereocenters. The summed E-state index contributed by atoms with van der Waals surface area (Å²) >= 11 is 0. The Morgan fingerprint density at radius 3 is 2.73 bits per heavy atom. The zero-order valence-corrected chi connectivity index (χ0v) is 15.2. The van der Waals surface area contributed by atoms with E-state index in [-0.39, 0.29) is 5.41 Å². The van der Waals surface area contributed by atoms with Crippen molar-refractivity contribution in [3.63, 3.8) is 0 Å². The molecule has 4 rings (SSSR count). The maximum absolute atomic E-state index is 5.53. The third-order valence-electron chi connectivity index (χ3n) is 5.05. The van der Waals surface area contributed by atoms with Crippen LogP contribution in [0.3, 0.4) is 0 Å². The number of hydrogen-bond acceptors (Lipinski definition) is 3. The fourth-order valence-electron chi connectivity index (χ4n) is 3.31. The normalized spacial score (nSPS) is 17.2. The van der Waals surface area contributed by atoms with Gasteiger partial charge in [-0.2, -0.15) is 0 Å². The summed E-state index contributed by atoms with van der Waals surface area (Å²) in [4.78, 5) is 4.85. The fraction of sp³-hybridized carbons (Fsp3) is 0.450. The molecule has 1 fully saturated rings. The predicted octanol–water partition coefficient (Wildman–Crippen LogP) is 2.50. The molecule has 138 valence electrons. The smallest absolute Gasteiger partial charge is 0.231 e. The van der Waals surface area contributed by atoms with Gasteiger partial charge in [-0.05, 0) is 49.6 Å². The highest BCUT2D eigenvalue weighted by Crippen LogP contribution is 2.50. The van der Waals surface area contributed by atoms with Gasteiger partial charge >= 0.3 is 0 Å². The minimum Gasteiger partial charge on any atom is -0.454 e. The standard InChI is InChI=1S/C20H26N4O2/c1-2-21-19(22-9-12-24-10-3-4-11-24)23-14-20(7-8-20)16-5-6-17-18(13-16)26-15-25-17/h3-6,10-11,13H,2,7-9,12,14-15H2,1H3,(H2,21,22,23). The molecule has 1 aliphatic carbocycles. The molecule has 6 heteroatoms. The van der Waals surface area contributed by atoms with Crippen LogP contribution in [0.5, 0.6) is 11.5 Å². The summed E-state index contributed by atoms with van der Waals surface area (Å²) in [5.74, 6) is 2.58. The number of hydrogen-bond donors (Lipinski definition) is 2. The van der Waals surface area contributed by atoms with Crippen molar-refractivity contribution in [1.29, 1.82) is 0 Å². The second-order valence-corrected chi connectivity index (χ2v) is 6.89. The lowest BCUT2D eigenvalue weighted by Gasteiger charge is -2.16. The summed E-state index contributed by atoms with van der Waals surface area (Å²) in [6, 6.07) is 10.4. The van der Waals surface area contributed by atoms with Gasteiger partial charge in [0.15, 0.2) is 17.5 Å². The number of rotatable bonds is 7. The number of aliphatic imine (C=N–C) groups is 1. The summed E-state index contributed by atoms with van der Waals surface area (Å²) in [5.41, 5.74) is 1.44. The van der Waals surface area contributed by atoms with Crippen LogP contribution in [-0.4, -0.2) is 37.0 Å². The highest BCUT2D eigenvalue weighted by molar-refractivity contribution is 5.79. The van der Waals surface area contributed by atoms with Gasteiger partial charge in [0.2, 0.25) is 6.79 Å². The van der Waals surface area contributed by atoms with Crippen molar-refractivity contribution in [2.45, 2.75) is 31.7 Å². The SMILES string of the molecule is CCNC(=NCC1(c2ccc3c(c2)OCO3)CC1)NCCn1cccc1. The van der Waals surface area contributed by atoms with E-state index in [0.29, 0.717) is 6.79 Å². The maximum Gasteiger partial charge on any atom is 0.231 e. The van der Waals surface area contributed by atoms with Gasteiger partial charge in [0.1, 0.15) is 0 Å². The van der Waals surface area contributed by atoms with Crippen LogP contribution < -0.4 is 20.1 Å². The lowest BCUT2D eigenvalue weighted by atomic mass is 9.96. The van der Waals surface area contributed by atoms with E-state index >= 15 is 0 Å². The quantitative estimate of drug-likeness (QED) is 0.592. The monoisotopic (exact) mass is 354 g/mol. The first-order valence-corrected chi connectivity index (χ1v) is 9.32. The van der Waals surface area contributed by atoms with E-state index in [1.54, 1.807) is 0 Å². The molecule has 2 aliphatic rings. The Balaban J connectivity index is 1.38.